The van der Waals surface area contributed by atoms with Crippen LogP contribution in [0.4, 0.5) is 18.9 Å². The Hall–Kier alpha value is -3.54. The smallest absolute Gasteiger partial charge is 0.416 e. The van der Waals surface area contributed by atoms with Crippen LogP contribution in [-0.4, -0.2) is 53.0 Å². The number of anilines is 1. The molecule has 2 fully saturated rings. The highest BCUT2D eigenvalue weighted by Gasteiger charge is 2.41. The minimum atomic E-state index is -4.54. The molecule has 1 aromatic heterocycles. The number of alkyl halides is 3. The number of halogens is 3. The van der Waals surface area contributed by atoms with Gasteiger partial charge in [-0.2, -0.15) is 13.2 Å². The Labute approximate surface area is 230 Å². The fraction of sp³-hybridized carbons (Fsp3) is 0.536. The number of aromatic nitrogens is 1. The van der Waals surface area contributed by atoms with E-state index in [0.717, 1.165) is 25.0 Å². The van der Waals surface area contributed by atoms with Gasteiger partial charge in [-0.1, -0.05) is 0 Å². The predicted octanol–water partition coefficient (Wildman–Crippen LogP) is 4.08. The largest absolute Gasteiger partial charge is 0.493 e. The zero-order chi connectivity index (χ0) is 28.7. The molecular weight excluding hydrogens is 527 g/mol. The SMILES string of the molecule is C[C@H](O)C(=O)NC1CCC(NC(=O)c2c[nH]c3c2NC=NC3(C)c2cc(C(F)(F)F)ccc2OCC2CC2)CC1. The van der Waals surface area contributed by atoms with Gasteiger partial charge in [-0.15, -0.1) is 0 Å². The zero-order valence-corrected chi connectivity index (χ0v) is 22.4. The molecule has 1 aromatic carbocycles. The second-order valence-corrected chi connectivity index (χ2v) is 11.1. The fourth-order valence-corrected chi connectivity index (χ4v) is 5.30. The number of hydrogen-bond acceptors (Lipinski definition) is 6. The number of fused-ring (bicyclic) bond motifs is 1. The molecule has 5 N–H and O–H groups in total. The Bertz CT molecular complexity index is 1300. The number of ether oxygens (including phenoxy) is 1. The van der Waals surface area contributed by atoms with Crippen molar-refractivity contribution in [2.75, 3.05) is 11.9 Å². The lowest BCUT2D eigenvalue weighted by molar-refractivity contribution is -0.137. The summed E-state index contributed by atoms with van der Waals surface area (Å²) in [6, 6.07) is 3.27. The molecule has 5 rings (SSSR count). The molecule has 0 spiro atoms. The molecular formula is C28H34F3N5O4. The van der Waals surface area contributed by atoms with Crippen LogP contribution >= 0.6 is 0 Å². The fourth-order valence-electron chi connectivity index (χ4n) is 5.30. The predicted molar refractivity (Wildman–Crippen MR) is 142 cm³/mol. The highest BCUT2D eigenvalue weighted by atomic mass is 19.4. The summed E-state index contributed by atoms with van der Waals surface area (Å²) >= 11 is 0. The van der Waals surface area contributed by atoms with Crippen LogP contribution in [0.3, 0.4) is 0 Å². The first kappa shape index (κ1) is 28.0. The topological polar surface area (TPSA) is 128 Å². The molecule has 0 radical (unpaired) electrons. The quantitative estimate of drug-likeness (QED) is 0.332. The lowest BCUT2D eigenvalue weighted by Gasteiger charge is -2.32. The molecule has 0 bridgehead atoms. The van der Waals surface area contributed by atoms with Crippen molar-refractivity contribution in [1.82, 2.24) is 15.6 Å². The standard InChI is InChI=1S/C28H34F3N5O4/c1-15(37)25(38)35-18-6-8-19(9-7-18)36-26(39)20-12-32-24-23(20)33-14-34-27(24,2)21-11-17(28(29,30)31)5-10-22(21)40-13-16-3-4-16/h5,10-12,14-16,18-19,32,37H,3-4,6-9,13H2,1-2H3,(H,33,34)(H,35,38)(H,36,39)/t15-,18?,19?,27?/m0/s1. The number of carbonyl (C=O) groups is 2. The van der Waals surface area contributed by atoms with E-state index >= 15 is 0 Å². The number of nitrogens with one attached hydrogen (secondary N) is 4. The maximum absolute atomic E-state index is 13.7. The molecule has 2 saturated carbocycles. The minimum absolute atomic E-state index is 0.0577. The molecule has 2 amide bonds. The van der Waals surface area contributed by atoms with Crippen molar-refractivity contribution in [1.29, 1.82) is 0 Å². The Balaban J connectivity index is 1.35. The van der Waals surface area contributed by atoms with Crippen molar-refractivity contribution < 1.29 is 32.6 Å². The number of aliphatic hydroxyl groups excluding tert-OH is 1. The van der Waals surface area contributed by atoms with Gasteiger partial charge < -0.3 is 30.8 Å². The summed E-state index contributed by atoms with van der Waals surface area (Å²) in [6.07, 6.45) is 2.02. The van der Waals surface area contributed by atoms with Gasteiger partial charge in [-0.3, -0.25) is 14.6 Å². The summed E-state index contributed by atoms with van der Waals surface area (Å²) < 4.78 is 47.0. The number of aliphatic imine (C=N–C) groups is 1. The summed E-state index contributed by atoms with van der Waals surface area (Å²) in [5.74, 6) is -0.00899. The molecule has 1 unspecified atom stereocenters. The van der Waals surface area contributed by atoms with E-state index in [1.807, 2.05) is 0 Å². The molecule has 9 nitrogen and oxygen atoms in total. The molecule has 3 aliphatic rings. The van der Waals surface area contributed by atoms with E-state index < -0.39 is 29.3 Å². The van der Waals surface area contributed by atoms with Gasteiger partial charge in [0, 0.05) is 23.8 Å². The van der Waals surface area contributed by atoms with Crippen LogP contribution in [0, 0.1) is 5.92 Å². The maximum atomic E-state index is 13.7. The summed E-state index contributed by atoms with van der Waals surface area (Å²) in [6.45, 7) is 3.54. The molecule has 2 aromatic rings. The molecule has 0 saturated heterocycles. The number of hydrogen-bond donors (Lipinski definition) is 5. The van der Waals surface area contributed by atoms with Gasteiger partial charge >= 0.3 is 6.18 Å². The number of aliphatic hydroxyl groups is 1. The average Bonchev–Trinajstić information content (AvgIpc) is 3.63. The Morgan fingerprint density at radius 3 is 2.45 bits per heavy atom. The van der Waals surface area contributed by atoms with Crippen LogP contribution in [0.2, 0.25) is 0 Å². The molecule has 2 heterocycles. The van der Waals surface area contributed by atoms with E-state index in [-0.39, 0.29) is 23.6 Å². The lowest BCUT2D eigenvalue weighted by atomic mass is 9.85. The Morgan fingerprint density at radius 1 is 1.15 bits per heavy atom. The van der Waals surface area contributed by atoms with Gasteiger partial charge in [-0.05, 0) is 76.5 Å². The van der Waals surface area contributed by atoms with Crippen molar-refractivity contribution in [3.63, 3.8) is 0 Å². The summed E-state index contributed by atoms with van der Waals surface area (Å²) in [7, 11) is 0. The van der Waals surface area contributed by atoms with Crippen molar-refractivity contribution in [3.05, 3.63) is 46.8 Å². The number of H-pyrrole nitrogens is 1. The summed E-state index contributed by atoms with van der Waals surface area (Å²) in [5.41, 5.74) is -0.585. The normalized spacial score (nSPS) is 24.9. The first-order chi connectivity index (χ1) is 19.0. The third-order valence-corrected chi connectivity index (χ3v) is 7.93. The minimum Gasteiger partial charge on any atom is -0.493 e. The van der Waals surface area contributed by atoms with Crippen molar-refractivity contribution in [2.45, 2.75) is 82.3 Å². The van der Waals surface area contributed by atoms with Crippen LogP contribution in [-0.2, 0) is 16.5 Å². The van der Waals surface area contributed by atoms with Gasteiger partial charge in [0.1, 0.15) is 17.4 Å². The first-order valence-electron chi connectivity index (χ1n) is 13.6. The van der Waals surface area contributed by atoms with Gasteiger partial charge in [0.25, 0.3) is 5.91 Å². The van der Waals surface area contributed by atoms with Crippen LogP contribution in [0.25, 0.3) is 0 Å². The van der Waals surface area contributed by atoms with Crippen LogP contribution in [0.15, 0.2) is 29.4 Å². The number of aromatic amines is 1. The van der Waals surface area contributed by atoms with E-state index in [9.17, 15) is 27.9 Å². The Kier molecular flexibility index (Phi) is 7.56. The second kappa shape index (κ2) is 10.8. The van der Waals surface area contributed by atoms with Crippen LogP contribution < -0.4 is 20.7 Å². The van der Waals surface area contributed by atoms with Crippen molar-refractivity contribution >= 4 is 23.8 Å². The van der Waals surface area contributed by atoms with E-state index in [0.29, 0.717) is 60.9 Å². The number of nitrogens with zero attached hydrogens (tertiary/aromatic N) is 1. The molecule has 40 heavy (non-hydrogen) atoms. The van der Waals surface area contributed by atoms with Gasteiger partial charge in [-0.25, -0.2) is 0 Å². The van der Waals surface area contributed by atoms with E-state index in [1.165, 1.54) is 25.5 Å². The third kappa shape index (κ3) is 5.81. The van der Waals surface area contributed by atoms with Gasteiger partial charge in [0.05, 0.1) is 35.5 Å². The summed E-state index contributed by atoms with van der Waals surface area (Å²) in [5, 5.41) is 18.3. The van der Waals surface area contributed by atoms with Crippen LogP contribution in [0.1, 0.15) is 79.6 Å². The number of benzene rings is 1. The average molecular weight is 562 g/mol. The third-order valence-electron chi connectivity index (χ3n) is 7.93. The second-order valence-electron chi connectivity index (χ2n) is 11.1. The summed E-state index contributed by atoms with van der Waals surface area (Å²) in [4.78, 5) is 32.7. The van der Waals surface area contributed by atoms with E-state index in [2.05, 4.69) is 25.9 Å². The highest BCUT2D eigenvalue weighted by Crippen LogP contribution is 2.46. The zero-order valence-electron chi connectivity index (χ0n) is 22.4. The van der Waals surface area contributed by atoms with Gasteiger partial charge in [0.2, 0.25) is 5.91 Å². The number of rotatable bonds is 8. The molecule has 1 aliphatic heterocycles. The monoisotopic (exact) mass is 561 g/mol. The number of amides is 2. The van der Waals surface area contributed by atoms with Crippen molar-refractivity contribution in [2.24, 2.45) is 10.9 Å². The molecule has 12 heteroatoms. The van der Waals surface area contributed by atoms with Gasteiger partial charge in [0.15, 0.2) is 0 Å². The highest BCUT2D eigenvalue weighted by molar-refractivity contribution is 6.03. The number of carbonyl (C=O) groups excluding carboxylic acids is 2. The molecule has 216 valence electrons. The Morgan fingerprint density at radius 2 is 1.82 bits per heavy atom. The van der Waals surface area contributed by atoms with Crippen LogP contribution in [0.5, 0.6) is 5.75 Å². The first-order valence-corrected chi connectivity index (χ1v) is 13.6. The molecule has 2 atom stereocenters. The van der Waals surface area contributed by atoms with Crippen molar-refractivity contribution in [3.8, 4) is 5.75 Å². The maximum Gasteiger partial charge on any atom is 0.416 e. The van der Waals surface area contributed by atoms with E-state index in [4.69, 9.17) is 4.74 Å². The van der Waals surface area contributed by atoms with E-state index in [1.54, 1.807) is 6.92 Å². The molecule has 2 aliphatic carbocycles. The lowest BCUT2D eigenvalue weighted by Crippen LogP contribution is -2.46.